The fourth-order valence-electron chi connectivity index (χ4n) is 2.12. The van der Waals surface area contributed by atoms with Crippen LogP contribution in [0.25, 0.3) is 0 Å². The van der Waals surface area contributed by atoms with Crippen LogP contribution in [0.5, 0.6) is 0 Å². The van der Waals surface area contributed by atoms with Crippen LogP contribution in [0, 0.1) is 6.92 Å². The van der Waals surface area contributed by atoms with Gasteiger partial charge in [0.05, 0.1) is 11.9 Å². The lowest BCUT2D eigenvalue weighted by atomic mass is 10.2. The molecule has 0 aromatic heterocycles. The van der Waals surface area contributed by atoms with Crippen molar-refractivity contribution >= 4 is 43.2 Å². The molecule has 0 aliphatic rings. The Morgan fingerprint density at radius 3 is 2.48 bits per heavy atom. The molecule has 122 valence electrons. The van der Waals surface area contributed by atoms with Crippen LogP contribution in [0.2, 0.25) is 0 Å². The number of anilines is 2. The van der Waals surface area contributed by atoms with E-state index < -0.39 is 15.9 Å². The molecule has 0 saturated heterocycles. The van der Waals surface area contributed by atoms with Gasteiger partial charge in [-0.15, -0.1) is 0 Å². The van der Waals surface area contributed by atoms with Crippen LogP contribution < -0.4 is 9.62 Å². The number of para-hydroxylation sites is 1. The van der Waals surface area contributed by atoms with Gasteiger partial charge in [-0.25, -0.2) is 8.42 Å². The molecule has 0 heterocycles. The number of carbonyl (C=O) groups is 1. The van der Waals surface area contributed by atoms with Gasteiger partial charge in [-0.1, -0.05) is 40.2 Å². The summed E-state index contributed by atoms with van der Waals surface area (Å²) in [7, 11) is -3.57. The predicted octanol–water partition coefficient (Wildman–Crippen LogP) is 3.16. The van der Waals surface area contributed by atoms with Crippen molar-refractivity contribution in [2.24, 2.45) is 0 Å². The second-order valence-electron chi connectivity index (χ2n) is 5.11. The van der Waals surface area contributed by atoms with E-state index in [9.17, 15) is 13.2 Å². The lowest BCUT2D eigenvalue weighted by Gasteiger charge is -2.23. The molecule has 0 spiro atoms. The van der Waals surface area contributed by atoms with Crippen LogP contribution >= 0.6 is 15.9 Å². The molecule has 1 amide bonds. The second kappa shape index (κ2) is 7.14. The second-order valence-corrected chi connectivity index (χ2v) is 7.94. The first-order valence-corrected chi connectivity index (χ1v) is 9.50. The van der Waals surface area contributed by atoms with Gasteiger partial charge >= 0.3 is 0 Å². The topological polar surface area (TPSA) is 66.5 Å². The first-order chi connectivity index (χ1) is 10.8. The predicted molar refractivity (Wildman–Crippen MR) is 96.1 cm³/mol. The summed E-state index contributed by atoms with van der Waals surface area (Å²) in [5.74, 6) is -0.406. The van der Waals surface area contributed by atoms with Gasteiger partial charge in [0.25, 0.3) is 0 Å². The molecule has 2 aromatic rings. The number of nitrogens with zero attached hydrogens (tertiary/aromatic N) is 1. The molecular weight excluding hydrogens is 380 g/mol. The summed E-state index contributed by atoms with van der Waals surface area (Å²) in [5, 5.41) is 2.70. The van der Waals surface area contributed by atoms with Crippen molar-refractivity contribution in [2.45, 2.75) is 6.92 Å². The van der Waals surface area contributed by atoms with Crippen LogP contribution in [0.4, 0.5) is 11.4 Å². The number of aryl methyl sites for hydroxylation is 1. The highest BCUT2D eigenvalue weighted by Crippen LogP contribution is 2.22. The molecule has 0 bridgehead atoms. The highest BCUT2D eigenvalue weighted by Gasteiger charge is 2.22. The molecule has 0 aliphatic heterocycles. The summed E-state index contributed by atoms with van der Waals surface area (Å²) in [6, 6.07) is 14.2. The van der Waals surface area contributed by atoms with E-state index in [0.29, 0.717) is 11.4 Å². The van der Waals surface area contributed by atoms with Gasteiger partial charge in [0.15, 0.2) is 0 Å². The van der Waals surface area contributed by atoms with Crippen molar-refractivity contribution in [1.82, 2.24) is 0 Å². The minimum atomic E-state index is -3.57. The summed E-state index contributed by atoms with van der Waals surface area (Å²) in [4.78, 5) is 12.2. The zero-order valence-corrected chi connectivity index (χ0v) is 15.2. The molecule has 2 aromatic carbocycles. The maximum atomic E-state index is 12.2. The van der Waals surface area contributed by atoms with E-state index >= 15 is 0 Å². The largest absolute Gasteiger partial charge is 0.324 e. The van der Waals surface area contributed by atoms with Crippen molar-refractivity contribution in [3.8, 4) is 0 Å². The zero-order chi connectivity index (χ0) is 17.0. The smallest absolute Gasteiger partial charge is 0.245 e. The molecule has 5 nitrogen and oxygen atoms in total. The number of sulfonamides is 1. The Balaban J connectivity index is 2.22. The van der Waals surface area contributed by atoms with Gasteiger partial charge < -0.3 is 5.32 Å². The number of hydrogen-bond acceptors (Lipinski definition) is 3. The molecule has 0 radical (unpaired) electrons. The van der Waals surface area contributed by atoms with Crippen molar-refractivity contribution in [3.05, 3.63) is 58.6 Å². The number of amides is 1. The lowest BCUT2D eigenvalue weighted by molar-refractivity contribution is -0.114. The molecule has 0 unspecified atom stereocenters. The van der Waals surface area contributed by atoms with Crippen LogP contribution in [0.15, 0.2) is 53.0 Å². The fourth-order valence-corrected chi connectivity index (χ4v) is 3.43. The molecule has 0 aliphatic carbocycles. The first-order valence-electron chi connectivity index (χ1n) is 6.86. The number of carbonyl (C=O) groups excluding carboxylic acids is 1. The summed E-state index contributed by atoms with van der Waals surface area (Å²) < 4.78 is 26.1. The standard InChI is InChI=1S/C16H17BrN2O3S/c1-12-6-3-4-9-15(12)19(23(2,21)22)11-16(20)18-14-8-5-7-13(17)10-14/h3-10H,11H2,1-2H3,(H,18,20). The molecule has 1 N–H and O–H groups in total. The SMILES string of the molecule is Cc1ccccc1N(CC(=O)Nc1cccc(Br)c1)S(C)(=O)=O. The molecule has 2 rings (SSSR count). The maximum absolute atomic E-state index is 12.2. The van der Waals surface area contributed by atoms with E-state index in [-0.39, 0.29) is 6.54 Å². The Morgan fingerprint density at radius 2 is 1.87 bits per heavy atom. The molecule has 0 fully saturated rings. The third kappa shape index (κ3) is 4.80. The van der Waals surface area contributed by atoms with Crippen LogP contribution in [0.1, 0.15) is 5.56 Å². The normalized spacial score (nSPS) is 11.1. The summed E-state index contributed by atoms with van der Waals surface area (Å²) in [5.41, 5.74) is 1.88. The number of halogens is 1. The fraction of sp³-hybridized carbons (Fsp3) is 0.188. The number of nitrogens with one attached hydrogen (secondary N) is 1. The van der Waals surface area contributed by atoms with Crippen LogP contribution in [-0.4, -0.2) is 27.1 Å². The van der Waals surface area contributed by atoms with Gasteiger partial charge in [0.2, 0.25) is 15.9 Å². The number of rotatable bonds is 5. The highest BCUT2D eigenvalue weighted by atomic mass is 79.9. The summed E-state index contributed by atoms with van der Waals surface area (Å²) >= 11 is 3.32. The minimum Gasteiger partial charge on any atom is -0.324 e. The van der Waals surface area contributed by atoms with Gasteiger partial charge in [0, 0.05) is 10.2 Å². The Bertz CT molecular complexity index is 822. The lowest BCUT2D eigenvalue weighted by Crippen LogP contribution is -2.37. The Kier molecular flexibility index (Phi) is 5.43. The van der Waals surface area contributed by atoms with Crippen LogP contribution in [-0.2, 0) is 14.8 Å². The van der Waals surface area contributed by atoms with Crippen molar-refractivity contribution in [2.75, 3.05) is 22.4 Å². The van der Waals surface area contributed by atoms with E-state index in [4.69, 9.17) is 0 Å². The zero-order valence-electron chi connectivity index (χ0n) is 12.8. The van der Waals surface area contributed by atoms with E-state index in [1.807, 2.05) is 12.1 Å². The van der Waals surface area contributed by atoms with Crippen LogP contribution in [0.3, 0.4) is 0 Å². The third-order valence-corrected chi connectivity index (χ3v) is 4.80. The molecule has 23 heavy (non-hydrogen) atoms. The van der Waals surface area contributed by atoms with E-state index in [1.54, 1.807) is 43.3 Å². The third-order valence-electron chi connectivity index (χ3n) is 3.18. The molecule has 7 heteroatoms. The summed E-state index contributed by atoms with van der Waals surface area (Å²) in [6.45, 7) is 1.52. The van der Waals surface area contributed by atoms with Gasteiger partial charge in [-0.05, 0) is 36.8 Å². The van der Waals surface area contributed by atoms with E-state index in [0.717, 1.165) is 20.6 Å². The highest BCUT2D eigenvalue weighted by molar-refractivity contribution is 9.10. The number of benzene rings is 2. The van der Waals surface area contributed by atoms with Gasteiger partial charge in [-0.3, -0.25) is 9.10 Å². The van der Waals surface area contributed by atoms with Gasteiger partial charge in [0.1, 0.15) is 6.54 Å². The molecule has 0 atom stereocenters. The Labute approximate surface area is 144 Å². The van der Waals surface area contributed by atoms with Crippen molar-refractivity contribution in [3.63, 3.8) is 0 Å². The van der Waals surface area contributed by atoms with E-state index in [2.05, 4.69) is 21.2 Å². The average Bonchev–Trinajstić information content (AvgIpc) is 2.44. The Morgan fingerprint density at radius 1 is 1.17 bits per heavy atom. The number of hydrogen-bond donors (Lipinski definition) is 1. The Hall–Kier alpha value is -1.86. The molecular formula is C16H17BrN2O3S. The quantitative estimate of drug-likeness (QED) is 0.843. The first kappa shape index (κ1) is 17.5. The maximum Gasteiger partial charge on any atom is 0.245 e. The van der Waals surface area contributed by atoms with Crippen molar-refractivity contribution in [1.29, 1.82) is 0 Å². The summed E-state index contributed by atoms with van der Waals surface area (Å²) in [6.07, 6.45) is 1.09. The average molecular weight is 397 g/mol. The van der Waals surface area contributed by atoms with E-state index in [1.165, 1.54) is 0 Å². The van der Waals surface area contributed by atoms with Gasteiger partial charge in [-0.2, -0.15) is 0 Å². The minimum absolute atomic E-state index is 0.282. The van der Waals surface area contributed by atoms with Crippen molar-refractivity contribution < 1.29 is 13.2 Å². The molecule has 0 saturated carbocycles. The monoisotopic (exact) mass is 396 g/mol.